The lowest BCUT2D eigenvalue weighted by atomic mass is 9.96. The summed E-state index contributed by atoms with van der Waals surface area (Å²) in [4.78, 5) is 31.6. The molecule has 0 saturated carbocycles. The summed E-state index contributed by atoms with van der Waals surface area (Å²) in [6.45, 7) is 1.40. The lowest BCUT2D eigenvalue weighted by Gasteiger charge is -2.30. The van der Waals surface area contributed by atoms with Crippen LogP contribution in [0, 0.1) is 5.92 Å². The smallest absolute Gasteiger partial charge is 0.242 e. The minimum atomic E-state index is -0.266. The number of hydrogen-bond donors (Lipinski definition) is 1. The number of carbonyl (C=O) groups excluding carboxylic acids is 2. The van der Waals surface area contributed by atoms with Crippen molar-refractivity contribution in [2.75, 3.05) is 13.1 Å². The molecule has 2 amide bonds. The van der Waals surface area contributed by atoms with Gasteiger partial charge >= 0.3 is 0 Å². The Hall–Kier alpha value is -2.67. The molecule has 7 heteroatoms. The van der Waals surface area contributed by atoms with Crippen LogP contribution < -0.4 is 5.73 Å². The molecule has 0 radical (unpaired) electrons. The number of rotatable bonds is 4. The first-order chi connectivity index (χ1) is 12.6. The highest BCUT2D eigenvalue weighted by atomic mass is 32.1. The summed E-state index contributed by atoms with van der Waals surface area (Å²) in [6.07, 6.45) is 3.03. The van der Waals surface area contributed by atoms with E-state index < -0.39 is 0 Å². The molecule has 4 rings (SSSR count). The molecule has 0 spiro atoms. The molecule has 3 aromatic heterocycles. The van der Waals surface area contributed by atoms with Crippen molar-refractivity contribution in [1.29, 1.82) is 0 Å². The van der Waals surface area contributed by atoms with Crippen LogP contribution in [0.4, 0.5) is 0 Å². The van der Waals surface area contributed by atoms with Crippen molar-refractivity contribution in [3.63, 3.8) is 0 Å². The average Bonchev–Trinajstić information content (AvgIpc) is 3.30. The van der Waals surface area contributed by atoms with E-state index >= 15 is 0 Å². The SMILES string of the molecule is NC(=O)C1CCN(C(=O)Cn2c(-c3cccs3)cc3cccnc32)CC1. The predicted octanol–water partition coefficient (Wildman–Crippen LogP) is 2.49. The van der Waals surface area contributed by atoms with Crippen LogP contribution >= 0.6 is 11.3 Å². The van der Waals surface area contributed by atoms with Gasteiger partial charge < -0.3 is 15.2 Å². The lowest BCUT2D eigenvalue weighted by Crippen LogP contribution is -2.43. The minimum Gasteiger partial charge on any atom is -0.369 e. The molecule has 3 aromatic rings. The predicted molar refractivity (Wildman–Crippen MR) is 102 cm³/mol. The fourth-order valence-corrected chi connectivity index (χ4v) is 4.27. The van der Waals surface area contributed by atoms with Crippen molar-refractivity contribution in [3.05, 3.63) is 41.9 Å². The second-order valence-corrected chi connectivity index (χ2v) is 7.51. The summed E-state index contributed by atoms with van der Waals surface area (Å²) >= 11 is 1.65. The van der Waals surface area contributed by atoms with Gasteiger partial charge in [0.2, 0.25) is 11.8 Å². The standard InChI is InChI=1S/C19H20N4O2S/c20-18(25)13-5-8-22(9-6-13)17(24)12-23-15(16-4-2-10-26-16)11-14-3-1-7-21-19(14)23/h1-4,7,10-11,13H,5-6,8-9,12H2,(H2,20,25). The number of nitrogens with zero attached hydrogens (tertiary/aromatic N) is 3. The van der Waals surface area contributed by atoms with Crippen LogP contribution in [-0.2, 0) is 16.1 Å². The van der Waals surface area contributed by atoms with Crippen LogP contribution in [0.5, 0.6) is 0 Å². The summed E-state index contributed by atoms with van der Waals surface area (Å²) in [7, 11) is 0. The Morgan fingerprint density at radius 2 is 2.04 bits per heavy atom. The molecule has 1 fully saturated rings. The fourth-order valence-electron chi connectivity index (χ4n) is 3.52. The van der Waals surface area contributed by atoms with Gasteiger partial charge in [-0.15, -0.1) is 11.3 Å². The minimum absolute atomic E-state index is 0.0499. The number of piperidine rings is 1. The molecule has 0 unspecified atom stereocenters. The number of amides is 2. The van der Waals surface area contributed by atoms with Gasteiger partial charge in [0.15, 0.2) is 0 Å². The molecular weight excluding hydrogens is 348 g/mol. The highest BCUT2D eigenvalue weighted by molar-refractivity contribution is 7.13. The van der Waals surface area contributed by atoms with Crippen molar-refractivity contribution >= 4 is 34.2 Å². The maximum absolute atomic E-state index is 12.9. The third-order valence-corrected chi connectivity index (χ3v) is 5.86. The third kappa shape index (κ3) is 3.10. The largest absolute Gasteiger partial charge is 0.369 e. The zero-order valence-electron chi connectivity index (χ0n) is 14.3. The Morgan fingerprint density at radius 1 is 1.23 bits per heavy atom. The molecule has 0 atom stereocenters. The van der Waals surface area contributed by atoms with E-state index in [2.05, 4.69) is 17.1 Å². The quantitative estimate of drug-likeness (QED) is 0.768. The Labute approximate surface area is 155 Å². The molecule has 26 heavy (non-hydrogen) atoms. The van der Waals surface area contributed by atoms with Gasteiger partial charge in [0.1, 0.15) is 12.2 Å². The Bertz CT molecular complexity index is 940. The number of hydrogen-bond acceptors (Lipinski definition) is 4. The second-order valence-electron chi connectivity index (χ2n) is 6.57. The Balaban J connectivity index is 1.60. The van der Waals surface area contributed by atoms with Crippen LogP contribution in [0.1, 0.15) is 12.8 Å². The van der Waals surface area contributed by atoms with Crippen LogP contribution in [0.2, 0.25) is 0 Å². The Kier molecular flexibility index (Phi) is 4.46. The molecule has 6 nitrogen and oxygen atoms in total. The van der Waals surface area contributed by atoms with Crippen LogP contribution in [-0.4, -0.2) is 39.4 Å². The van der Waals surface area contributed by atoms with E-state index in [9.17, 15) is 9.59 Å². The van der Waals surface area contributed by atoms with Crippen molar-refractivity contribution in [2.24, 2.45) is 11.7 Å². The summed E-state index contributed by atoms with van der Waals surface area (Å²) in [5, 5.41) is 3.05. The van der Waals surface area contributed by atoms with Crippen molar-refractivity contribution < 1.29 is 9.59 Å². The molecule has 0 aromatic carbocycles. The van der Waals surface area contributed by atoms with Gasteiger partial charge in [0.25, 0.3) is 0 Å². The molecule has 0 bridgehead atoms. The zero-order valence-corrected chi connectivity index (χ0v) is 15.1. The topological polar surface area (TPSA) is 81.2 Å². The van der Waals surface area contributed by atoms with Gasteiger partial charge in [0.05, 0.1) is 10.6 Å². The summed E-state index contributed by atoms with van der Waals surface area (Å²) in [6, 6.07) is 10.1. The molecule has 1 saturated heterocycles. The zero-order chi connectivity index (χ0) is 18.1. The highest BCUT2D eigenvalue weighted by Gasteiger charge is 2.26. The lowest BCUT2D eigenvalue weighted by molar-refractivity contribution is -0.135. The number of carbonyl (C=O) groups is 2. The third-order valence-electron chi connectivity index (χ3n) is 4.97. The first-order valence-corrected chi connectivity index (χ1v) is 9.56. The first-order valence-electron chi connectivity index (χ1n) is 8.68. The first kappa shape index (κ1) is 16.8. The van der Waals surface area contributed by atoms with Gasteiger partial charge in [-0.05, 0) is 42.5 Å². The molecular formula is C19H20N4O2S. The number of likely N-dealkylation sites (tertiary alicyclic amines) is 1. The van der Waals surface area contributed by atoms with Crippen molar-refractivity contribution in [3.8, 4) is 10.6 Å². The van der Waals surface area contributed by atoms with Gasteiger partial charge in [0, 0.05) is 30.6 Å². The maximum Gasteiger partial charge on any atom is 0.242 e. The summed E-state index contributed by atoms with van der Waals surface area (Å²) in [5.41, 5.74) is 7.21. The number of nitrogens with two attached hydrogens (primary N) is 1. The maximum atomic E-state index is 12.9. The van der Waals surface area contributed by atoms with Gasteiger partial charge in [-0.25, -0.2) is 4.98 Å². The van der Waals surface area contributed by atoms with Crippen molar-refractivity contribution in [1.82, 2.24) is 14.5 Å². The molecule has 4 heterocycles. The van der Waals surface area contributed by atoms with Gasteiger partial charge in [-0.3, -0.25) is 9.59 Å². The number of primary amides is 1. The molecule has 2 N–H and O–H groups in total. The number of thiophene rings is 1. The van der Waals surface area contributed by atoms with Gasteiger partial charge in [-0.1, -0.05) is 6.07 Å². The number of pyridine rings is 1. The number of fused-ring (bicyclic) bond motifs is 1. The van der Waals surface area contributed by atoms with E-state index in [1.807, 2.05) is 33.0 Å². The summed E-state index contributed by atoms with van der Waals surface area (Å²) < 4.78 is 1.99. The van der Waals surface area contributed by atoms with Gasteiger partial charge in [-0.2, -0.15) is 0 Å². The van der Waals surface area contributed by atoms with E-state index in [1.54, 1.807) is 17.5 Å². The monoisotopic (exact) mass is 368 g/mol. The second kappa shape index (κ2) is 6.92. The van der Waals surface area contributed by atoms with E-state index in [0.29, 0.717) is 25.9 Å². The normalized spacial score (nSPS) is 15.5. The highest BCUT2D eigenvalue weighted by Crippen LogP contribution is 2.30. The van der Waals surface area contributed by atoms with E-state index in [0.717, 1.165) is 21.6 Å². The molecule has 1 aliphatic heterocycles. The molecule has 0 aliphatic carbocycles. The fraction of sp³-hybridized carbons (Fsp3) is 0.316. The Morgan fingerprint density at radius 3 is 2.73 bits per heavy atom. The summed E-state index contributed by atoms with van der Waals surface area (Å²) in [5.74, 6) is -0.332. The van der Waals surface area contributed by atoms with E-state index in [1.165, 1.54) is 0 Å². The van der Waals surface area contributed by atoms with Crippen LogP contribution in [0.3, 0.4) is 0 Å². The van der Waals surface area contributed by atoms with Crippen LogP contribution in [0.15, 0.2) is 41.9 Å². The molecule has 1 aliphatic rings. The van der Waals surface area contributed by atoms with E-state index in [-0.39, 0.29) is 24.3 Å². The van der Waals surface area contributed by atoms with Crippen molar-refractivity contribution in [2.45, 2.75) is 19.4 Å². The van der Waals surface area contributed by atoms with E-state index in [4.69, 9.17) is 5.73 Å². The number of aromatic nitrogens is 2. The van der Waals surface area contributed by atoms with Crippen LogP contribution in [0.25, 0.3) is 21.6 Å². The average molecular weight is 368 g/mol. The molecule has 134 valence electrons.